The molecule has 1 fully saturated rings. The summed E-state index contributed by atoms with van der Waals surface area (Å²) in [5.74, 6) is -1.30. The van der Waals surface area contributed by atoms with Gasteiger partial charge in [-0.25, -0.2) is 4.79 Å². The number of carbonyl (C=O) groups excluding carboxylic acids is 2. The third-order valence-corrected chi connectivity index (χ3v) is 4.88. The van der Waals surface area contributed by atoms with Gasteiger partial charge in [0.1, 0.15) is 24.9 Å². The highest BCUT2D eigenvalue weighted by Gasteiger charge is 2.45. The highest BCUT2D eigenvalue weighted by Crippen LogP contribution is 2.29. The fourth-order valence-corrected chi connectivity index (χ4v) is 3.30. The molecule has 2 unspecified atom stereocenters. The molecule has 11 nitrogen and oxygen atoms in total. The molecule has 2 amide bonds. The topological polar surface area (TPSA) is 151 Å². The van der Waals surface area contributed by atoms with Crippen LogP contribution in [-0.2, 0) is 9.57 Å². The number of hydroxylamine groups is 2. The number of aliphatic hydroxyl groups is 2. The summed E-state index contributed by atoms with van der Waals surface area (Å²) in [6.45, 7) is 1.03. The first-order valence-corrected chi connectivity index (χ1v) is 8.74. The van der Waals surface area contributed by atoms with Crippen molar-refractivity contribution >= 4 is 11.8 Å². The maximum absolute atomic E-state index is 12.3. The quantitative estimate of drug-likeness (QED) is 0.533. The first-order valence-electron chi connectivity index (χ1n) is 8.74. The third kappa shape index (κ3) is 3.09. The number of hydrogen-bond donors (Lipinski definition) is 3. The molecule has 4 rings (SSSR count). The van der Waals surface area contributed by atoms with Crippen LogP contribution in [0.25, 0.3) is 0 Å². The van der Waals surface area contributed by atoms with E-state index in [9.17, 15) is 29.4 Å². The molecule has 2 aliphatic heterocycles. The van der Waals surface area contributed by atoms with Crippen LogP contribution in [0, 0.1) is 6.92 Å². The van der Waals surface area contributed by atoms with E-state index < -0.39 is 54.2 Å². The molecule has 1 saturated heterocycles. The van der Waals surface area contributed by atoms with E-state index in [1.807, 2.05) is 0 Å². The van der Waals surface area contributed by atoms with Gasteiger partial charge >= 0.3 is 5.69 Å². The summed E-state index contributed by atoms with van der Waals surface area (Å²) in [6.07, 6.45) is -4.19. The number of aryl methyl sites for hydroxylation is 1. The van der Waals surface area contributed by atoms with Crippen molar-refractivity contribution in [3.05, 3.63) is 68.0 Å². The zero-order chi connectivity index (χ0) is 20.9. The number of carbonyl (C=O) groups is 2. The lowest BCUT2D eigenvalue weighted by Gasteiger charge is -2.19. The van der Waals surface area contributed by atoms with E-state index in [0.29, 0.717) is 5.06 Å². The maximum Gasteiger partial charge on any atom is 0.330 e. The van der Waals surface area contributed by atoms with Crippen LogP contribution in [0.3, 0.4) is 0 Å². The van der Waals surface area contributed by atoms with Gasteiger partial charge in [-0.2, -0.15) is 0 Å². The average Bonchev–Trinajstić information content (AvgIpc) is 3.11. The van der Waals surface area contributed by atoms with Gasteiger partial charge in [-0.3, -0.25) is 28.8 Å². The summed E-state index contributed by atoms with van der Waals surface area (Å²) in [7, 11) is 0. The number of amides is 2. The van der Waals surface area contributed by atoms with Gasteiger partial charge in [-0.1, -0.05) is 12.1 Å². The lowest BCUT2D eigenvalue weighted by Crippen LogP contribution is -2.39. The largest absolute Gasteiger partial charge is 0.387 e. The Bertz CT molecular complexity index is 1070. The Kier molecular flexibility index (Phi) is 4.67. The molecule has 11 heteroatoms. The first kappa shape index (κ1) is 19.2. The molecule has 0 radical (unpaired) electrons. The number of rotatable bonds is 4. The Balaban J connectivity index is 1.49. The number of aromatic amines is 1. The lowest BCUT2D eigenvalue weighted by molar-refractivity contribution is -0.141. The van der Waals surface area contributed by atoms with Gasteiger partial charge in [0, 0.05) is 11.8 Å². The van der Waals surface area contributed by atoms with Crippen LogP contribution in [0.5, 0.6) is 0 Å². The van der Waals surface area contributed by atoms with Crippen LogP contribution >= 0.6 is 0 Å². The summed E-state index contributed by atoms with van der Waals surface area (Å²) < 4.78 is 6.47. The minimum atomic E-state index is -1.51. The normalized spacial score (nSPS) is 26.2. The number of aromatic nitrogens is 2. The van der Waals surface area contributed by atoms with Crippen molar-refractivity contribution in [1.82, 2.24) is 14.6 Å². The van der Waals surface area contributed by atoms with Gasteiger partial charge in [0.25, 0.3) is 17.4 Å². The molecule has 2 aromatic rings. The Morgan fingerprint density at radius 2 is 1.69 bits per heavy atom. The Morgan fingerprint density at radius 1 is 1.07 bits per heavy atom. The number of aliphatic hydroxyl groups excluding tert-OH is 2. The Hall–Kier alpha value is -3.12. The number of H-pyrrole nitrogens is 1. The van der Waals surface area contributed by atoms with Crippen LogP contribution < -0.4 is 11.2 Å². The summed E-state index contributed by atoms with van der Waals surface area (Å²) in [4.78, 5) is 55.5. The number of nitrogens with one attached hydrogen (secondary N) is 1. The predicted octanol–water partition coefficient (Wildman–Crippen LogP) is -1.31. The van der Waals surface area contributed by atoms with Crippen LogP contribution in [0.4, 0.5) is 0 Å². The molecule has 0 spiro atoms. The van der Waals surface area contributed by atoms with Gasteiger partial charge < -0.3 is 14.9 Å². The van der Waals surface area contributed by atoms with Crippen molar-refractivity contribution < 1.29 is 29.4 Å². The standard InChI is InChI=1S/C18H17N3O8/c1-8-6-20(18(27)19-14(8)24)17-13(23)12(22)11(29-17)7-28-21-15(25)9-4-2-3-5-10(9)16(21)26/h2-6,11-13,17,22-23H,7H2,1H3,(H,19,24,27)/t11-,12?,13?,17-/m0/s1. The summed E-state index contributed by atoms with van der Waals surface area (Å²) >= 11 is 0. The average molecular weight is 403 g/mol. The molecule has 1 aromatic carbocycles. The Morgan fingerprint density at radius 3 is 2.31 bits per heavy atom. The molecule has 29 heavy (non-hydrogen) atoms. The molecule has 3 N–H and O–H groups in total. The van der Waals surface area contributed by atoms with E-state index in [1.165, 1.54) is 25.3 Å². The van der Waals surface area contributed by atoms with Crippen LogP contribution in [0.2, 0.25) is 0 Å². The van der Waals surface area contributed by atoms with Crippen molar-refractivity contribution in [2.75, 3.05) is 6.61 Å². The van der Waals surface area contributed by atoms with Gasteiger partial charge in [-0.15, -0.1) is 5.06 Å². The smallest absolute Gasteiger partial charge is 0.330 e. The molecule has 0 saturated carbocycles. The van der Waals surface area contributed by atoms with E-state index in [-0.39, 0.29) is 16.7 Å². The zero-order valence-corrected chi connectivity index (χ0v) is 15.1. The van der Waals surface area contributed by atoms with Gasteiger partial charge in [0.15, 0.2) is 6.23 Å². The minimum Gasteiger partial charge on any atom is -0.387 e. The monoisotopic (exact) mass is 403 g/mol. The van der Waals surface area contributed by atoms with Gasteiger partial charge in [-0.05, 0) is 19.1 Å². The second kappa shape index (κ2) is 7.04. The van der Waals surface area contributed by atoms with Gasteiger partial charge in [0.2, 0.25) is 0 Å². The summed E-state index contributed by atoms with van der Waals surface area (Å²) in [6, 6.07) is 6.21. The van der Waals surface area contributed by atoms with E-state index in [1.54, 1.807) is 12.1 Å². The molecule has 3 heterocycles. The molecular weight excluding hydrogens is 386 g/mol. The number of fused-ring (bicyclic) bond motifs is 1. The molecule has 152 valence electrons. The zero-order valence-electron chi connectivity index (χ0n) is 15.1. The van der Waals surface area contributed by atoms with Crippen molar-refractivity contribution in [2.45, 2.75) is 31.5 Å². The van der Waals surface area contributed by atoms with Crippen molar-refractivity contribution in [2.24, 2.45) is 0 Å². The first-order chi connectivity index (χ1) is 13.8. The predicted molar refractivity (Wildman–Crippen MR) is 94.9 cm³/mol. The second-order valence-electron chi connectivity index (χ2n) is 6.77. The number of hydrogen-bond acceptors (Lipinski definition) is 8. The number of benzene rings is 1. The van der Waals surface area contributed by atoms with Crippen molar-refractivity contribution in [1.29, 1.82) is 0 Å². The fourth-order valence-electron chi connectivity index (χ4n) is 3.30. The SMILES string of the molecule is Cc1cn([C@H]2O[C@@H](CON3C(=O)c4ccccc4C3=O)C(O)C2O)c(=O)[nH]c1=O. The number of imide groups is 1. The molecule has 1 aromatic heterocycles. The van der Waals surface area contributed by atoms with E-state index in [2.05, 4.69) is 4.98 Å². The fraction of sp³-hybridized carbons (Fsp3) is 0.333. The van der Waals surface area contributed by atoms with Crippen molar-refractivity contribution in [3.63, 3.8) is 0 Å². The number of nitrogens with zero attached hydrogens (tertiary/aromatic N) is 2. The molecule has 0 bridgehead atoms. The number of ether oxygens (including phenoxy) is 1. The molecule has 4 atom stereocenters. The highest BCUT2D eigenvalue weighted by molar-refractivity contribution is 6.20. The highest BCUT2D eigenvalue weighted by atomic mass is 16.7. The third-order valence-electron chi connectivity index (χ3n) is 4.88. The van der Waals surface area contributed by atoms with E-state index in [4.69, 9.17) is 9.57 Å². The minimum absolute atomic E-state index is 0.193. The molecular formula is C18H17N3O8. The second-order valence-corrected chi connectivity index (χ2v) is 6.77. The van der Waals surface area contributed by atoms with E-state index >= 15 is 0 Å². The van der Waals surface area contributed by atoms with Crippen LogP contribution in [0.1, 0.15) is 32.5 Å². The summed E-state index contributed by atoms with van der Waals surface area (Å²) in [5, 5.41) is 21.1. The van der Waals surface area contributed by atoms with Crippen molar-refractivity contribution in [3.8, 4) is 0 Å². The molecule has 0 aliphatic carbocycles. The van der Waals surface area contributed by atoms with Crippen LogP contribution in [0.15, 0.2) is 40.1 Å². The maximum atomic E-state index is 12.3. The lowest BCUT2D eigenvalue weighted by atomic mass is 10.1. The molecule has 2 aliphatic rings. The van der Waals surface area contributed by atoms with Crippen LogP contribution in [-0.4, -0.2) is 61.6 Å². The van der Waals surface area contributed by atoms with Gasteiger partial charge in [0.05, 0.1) is 11.1 Å². The van der Waals surface area contributed by atoms with E-state index in [0.717, 1.165) is 4.57 Å². The Labute approximate surface area is 162 Å². The summed E-state index contributed by atoms with van der Waals surface area (Å²) in [5.41, 5.74) is -0.804.